The summed E-state index contributed by atoms with van der Waals surface area (Å²) in [5.74, 6) is 2.66. The molecule has 6 nitrogen and oxygen atoms in total. The maximum atomic E-state index is 11.2. The van der Waals surface area contributed by atoms with E-state index >= 15 is 0 Å². The number of terminal acetylenes is 1. The topological polar surface area (TPSA) is 72.7 Å². The van der Waals surface area contributed by atoms with Crippen molar-refractivity contribution in [2.24, 2.45) is 7.05 Å². The van der Waals surface area contributed by atoms with Crippen molar-refractivity contribution in [1.29, 1.82) is 0 Å². The lowest BCUT2D eigenvalue weighted by molar-refractivity contribution is -0.118. The number of carbonyl (C=O) groups excluding carboxylic acids is 1. The van der Waals surface area contributed by atoms with Crippen molar-refractivity contribution >= 4 is 17.7 Å². The van der Waals surface area contributed by atoms with Crippen LogP contribution in [0.3, 0.4) is 0 Å². The van der Waals surface area contributed by atoms with E-state index in [4.69, 9.17) is 6.42 Å². The monoisotopic (exact) mass is 225 g/mol. The third-order valence-corrected chi connectivity index (χ3v) is 2.52. The van der Waals surface area contributed by atoms with Crippen LogP contribution in [-0.2, 0) is 11.8 Å². The standard InChI is InChI=1S/C8H11N5OS/c1-3-4-5-9-7(14)6-15-8-10-11-12-13(8)2/h1H,4-6H2,2H3,(H,9,14). The highest BCUT2D eigenvalue weighted by Gasteiger charge is 2.06. The molecule has 0 fully saturated rings. The third kappa shape index (κ3) is 3.99. The second-order valence-corrected chi connectivity index (χ2v) is 3.62. The molecule has 0 atom stereocenters. The number of carbonyl (C=O) groups is 1. The van der Waals surface area contributed by atoms with Gasteiger partial charge >= 0.3 is 0 Å². The maximum Gasteiger partial charge on any atom is 0.230 e. The number of thioether (sulfide) groups is 1. The van der Waals surface area contributed by atoms with Gasteiger partial charge in [0.25, 0.3) is 0 Å². The molecule has 0 unspecified atom stereocenters. The van der Waals surface area contributed by atoms with Crippen molar-refractivity contribution in [2.45, 2.75) is 11.6 Å². The van der Waals surface area contributed by atoms with Gasteiger partial charge in [0.2, 0.25) is 11.1 Å². The summed E-state index contributed by atoms with van der Waals surface area (Å²) < 4.78 is 1.51. The predicted molar refractivity (Wildman–Crippen MR) is 56.0 cm³/mol. The summed E-state index contributed by atoms with van der Waals surface area (Å²) >= 11 is 1.28. The van der Waals surface area contributed by atoms with Crippen LogP contribution < -0.4 is 5.32 Å². The SMILES string of the molecule is C#CCCNC(=O)CSc1nnnn1C. The van der Waals surface area contributed by atoms with Crippen LogP contribution >= 0.6 is 11.8 Å². The highest BCUT2D eigenvalue weighted by Crippen LogP contribution is 2.10. The fourth-order valence-corrected chi connectivity index (χ4v) is 1.48. The quantitative estimate of drug-likeness (QED) is 0.413. The molecule has 1 aromatic heterocycles. The molecular weight excluding hydrogens is 214 g/mol. The van der Waals surface area contributed by atoms with E-state index in [1.54, 1.807) is 7.05 Å². The molecule has 0 saturated heterocycles. The summed E-state index contributed by atoms with van der Waals surface area (Å²) in [4.78, 5) is 11.2. The van der Waals surface area contributed by atoms with E-state index in [9.17, 15) is 4.79 Å². The summed E-state index contributed by atoms with van der Waals surface area (Å²) in [5.41, 5.74) is 0. The Hall–Kier alpha value is -1.55. The van der Waals surface area contributed by atoms with Gasteiger partial charge in [-0.25, -0.2) is 4.68 Å². The van der Waals surface area contributed by atoms with Gasteiger partial charge in [-0.1, -0.05) is 11.8 Å². The van der Waals surface area contributed by atoms with Crippen LogP contribution in [0.1, 0.15) is 6.42 Å². The molecule has 1 rings (SSSR count). The van der Waals surface area contributed by atoms with Gasteiger partial charge in [0.15, 0.2) is 0 Å². The number of tetrazole rings is 1. The van der Waals surface area contributed by atoms with E-state index in [0.29, 0.717) is 23.9 Å². The smallest absolute Gasteiger partial charge is 0.230 e. The largest absolute Gasteiger partial charge is 0.354 e. The van der Waals surface area contributed by atoms with E-state index in [2.05, 4.69) is 26.8 Å². The fourth-order valence-electron chi connectivity index (χ4n) is 0.799. The Bertz CT molecular complexity index is 369. The normalized spacial score (nSPS) is 9.60. The molecule has 1 N–H and O–H groups in total. The van der Waals surface area contributed by atoms with Crippen molar-refractivity contribution in [2.75, 3.05) is 12.3 Å². The van der Waals surface area contributed by atoms with E-state index in [1.165, 1.54) is 16.4 Å². The molecule has 0 radical (unpaired) electrons. The Morgan fingerprint density at radius 3 is 3.13 bits per heavy atom. The predicted octanol–water partition coefficient (Wildman–Crippen LogP) is -0.558. The number of hydrogen-bond acceptors (Lipinski definition) is 5. The van der Waals surface area contributed by atoms with Crippen LogP contribution in [0.25, 0.3) is 0 Å². The van der Waals surface area contributed by atoms with Crippen molar-refractivity contribution in [3.05, 3.63) is 0 Å². The number of rotatable bonds is 5. The van der Waals surface area contributed by atoms with Crippen LogP contribution in [-0.4, -0.2) is 38.4 Å². The minimum Gasteiger partial charge on any atom is -0.354 e. The molecule has 1 amide bonds. The number of aryl methyl sites for hydroxylation is 1. The Kier molecular flexibility index (Phi) is 4.63. The lowest BCUT2D eigenvalue weighted by Crippen LogP contribution is -2.26. The first kappa shape index (κ1) is 11.5. The van der Waals surface area contributed by atoms with Gasteiger partial charge in [0.05, 0.1) is 5.75 Å². The van der Waals surface area contributed by atoms with Gasteiger partial charge in [-0.3, -0.25) is 4.79 Å². The minimum atomic E-state index is -0.0711. The lowest BCUT2D eigenvalue weighted by Gasteiger charge is -2.01. The van der Waals surface area contributed by atoms with E-state index in [0.717, 1.165) is 0 Å². The van der Waals surface area contributed by atoms with Crippen molar-refractivity contribution in [1.82, 2.24) is 25.5 Å². The van der Waals surface area contributed by atoms with E-state index in [-0.39, 0.29) is 5.91 Å². The van der Waals surface area contributed by atoms with Gasteiger partial charge in [0, 0.05) is 20.0 Å². The molecule has 0 spiro atoms. The Morgan fingerprint density at radius 1 is 1.73 bits per heavy atom. The summed E-state index contributed by atoms with van der Waals surface area (Å²) in [6, 6.07) is 0. The van der Waals surface area contributed by atoms with E-state index in [1.807, 2.05) is 0 Å². The summed E-state index contributed by atoms with van der Waals surface area (Å²) in [6.45, 7) is 0.507. The second-order valence-electron chi connectivity index (χ2n) is 2.68. The molecule has 0 saturated carbocycles. The molecule has 0 aromatic carbocycles. The molecular formula is C8H11N5OS. The number of nitrogens with one attached hydrogen (secondary N) is 1. The highest BCUT2D eigenvalue weighted by molar-refractivity contribution is 7.99. The molecule has 0 aliphatic heterocycles. The summed E-state index contributed by atoms with van der Waals surface area (Å²) in [6.07, 6.45) is 5.59. The minimum absolute atomic E-state index is 0.0711. The van der Waals surface area contributed by atoms with Gasteiger partial charge in [-0.05, 0) is 10.4 Å². The fraction of sp³-hybridized carbons (Fsp3) is 0.500. The third-order valence-electron chi connectivity index (χ3n) is 1.51. The molecule has 7 heteroatoms. The number of amides is 1. The number of nitrogens with zero attached hydrogens (tertiary/aromatic N) is 4. The lowest BCUT2D eigenvalue weighted by atomic mass is 10.4. The van der Waals surface area contributed by atoms with Crippen molar-refractivity contribution in [3.8, 4) is 12.3 Å². The van der Waals surface area contributed by atoms with Crippen LogP contribution in [0, 0.1) is 12.3 Å². The average Bonchev–Trinajstić information content (AvgIpc) is 2.61. The van der Waals surface area contributed by atoms with Crippen LogP contribution in [0.15, 0.2) is 5.16 Å². The first-order valence-corrected chi connectivity index (χ1v) is 5.28. The second kappa shape index (κ2) is 6.03. The van der Waals surface area contributed by atoms with Crippen LogP contribution in [0.2, 0.25) is 0 Å². The zero-order valence-corrected chi connectivity index (χ0v) is 9.12. The molecule has 15 heavy (non-hydrogen) atoms. The molecule has 1 heterocycles. The van der Waals surface area contributed by atoms with Gasteiger partial charge < -0.3 is 5.32 Å². The Morgan fingerprint density at radius 2 is 2.53 bits per heavy atom. The molecule has 0 aliphatic carbocycles. The first-order valence-electron chi connectivity index (χ1n) is 4.29. The maximum absolute atomic E-state index is 11.2. The molecule has 1 aromatic rings. The van der Waals surface area contributed by atoms with E-state index < -0.39 is 0 Å². The number of hydrogen-bond donors (Lipinski definition) is 1. The zero-order chi connectivity index (χ0) is 11.1. The summed E-state index contributed by atoms with van der Waals surface area (Å²) in [5, 5.41) is 14.1. The summed E-state index contributed by atoms with van der Waals surface area (Å²) in [7, 11) is 1.72. The molecule has 0 aliphatic rings. The van der Waals surface area contributed by atoms with Crippen LogP contribution in [0.5, 0.6) is 0 Å². The van der Waals surface area contributed by atoms with Crippen molar-refractivity contribution in [3.63, 3.8) is 0 Å². The Labute approximate surface area is 91.8 Å². The van der Waals surface area contributed by atoms with Crippen molar-refractivity contribution < 1.29 is 4.79 Å². The average molecular weight is 225 g/mol. The van der Waals surface area contributed by atoms with Gasteiger partial charge in [-0.15, -0.1) is 17.4 Å². The molecule has 0 bridgehead atoms. The zero-order valence-electron chi connectivity index (χ0n) is 8.30. The van der Waals surface area contributed by atoms with Gasteiger partial charge in [-0.2, -0.15) is 0 Å². The van der Waals surface area contributed by atoms with Gasteiger partial charge in [0.1, 0.15) is 0 Å². The Balaban J connectivity index is 2.23. The van der Waals surface area contributed by atoms with Crippen LogP contribution in [0.4, 0.5) is 0 Å². The first-order chi connectivity index (χ1) is 7.24. The number of aromatic nitrogens is 4. The molecule has 80 valence electrons. The highest BCUT2D eigenvalue weighted by atomic mass is 32.2.